The normalized spacial score (nSPS) is 15.8. The van der Waals surface area contributed by atoms with Gasteiger partial charge in [-0.1, -0.05) is 19.1 Å². The molecule has 6 heteroatoms. The molecule has 0 aliphatic carbocycles. The van der Waals surface area contributed by atoms with Gasteiger partial charge < -0.3 is 16.0 Å². The molecule has 1 unspecified atom stereocenters. The number of hydrogen-bond donors (Lipinski definition) is 3. The van der Waals surface area contributed by atoms with Crippen molar-refractivity contribution in [1.29, 1.82) is 0 Å². The van der Waals surface area contributed by atoms with Gasteiger partial charge >= 0.3 is 0 Å². The zero-order chi connectivity index (χ0) is 17.4. The molecular formula is C19H30ClN3O2. The quantitative estimate of drug-likeness (QED) is 0.693. The standard InChI is InChI=1S/C19H29N3O2.ClH/c1-3-21-19(24)17-6-4-15(5-7-17)13-22-18(23)12-14(2)16-8-10-20-11-9-16;/h4-7,14,16,20H,3,8-13H2,1-2H3,(H,21,24)(H,22,23);1H. The first kappa shape index (κ1) is 21.5. The second-order valence-electron chi connectivity index (χ2n) is 6.60. The molecule has 140 valence electrons. The smallest absolute Gasteiger partial charge is 0.251 e. The highest BCUT2D eigenvalue weighted by Gasteiger charge is 2.21. The minimum atomic E-state index is -0.0658. The Hall–Kier alpha value is -1.59. The van der Waals surface area contributed by atoms with Crippen molar-refractivity contribution in [2.75, 3.05) is 19.6 Å². The molecule has 3 N–H and O–H groups in total. The molecule has 1 heterocycles. The Bertz CT molecular complexity index is 542. The third kappa shape index (κ3) is 7.04. The molecule has 1 aromatic rings. The number of rotatable bonds is 7. The molecule has 1 fully saturated rings. The van der Waals surface area contributed by atoms with E-state index in [0.29, 0.717) is 36.9 Å². The molecule has 0 spiro atoms. The summed E-state index contributed by atoms with van der Waals surface area (Å²) in [5, 5.41) is 9.12. The summed E-state index contributed by atoms with van der Waals surface area (Å²) >= 11 is 0. The van der Waals surface area contributed by atoms with Crippen LogP contribution in [0.1, 0.15) is 49.0 Å². The molecule has 0 bridgehead atoms. The van der Waals surface area contributed by atoms with Crippen molar-refractivity contribution in [1.82, 2.24) is 16.0 Å². The van der Waals surface area contributed by atoms with E-state index in [0.717, 1.165) is 31.5 Å². The Morgan fingerprint density at radius 2 is 1.80 bits per heavy atom. The predicted molar refractivity (Wildman–Crippen MR) is 103 cm³/mol. The maximum Gasteiger partial charge on any atom is 0.251 e. The first-order chi connectivity index (χ1) is 11.6. The van der Waals surface area contributed by atoms with Gasteiger partial charge in [-0.2, -0.15) is 0 Å². The summed E-state index contributed by atoms with van der Waals surface area (Å²) in [4.78, 5) is 23.8. The van der Waals surface area contributed by atoms with E-state index in [1.165, 1.54) is 0 Å². The number of benzene rings is 1. The summed E-state index contributed by atoms with van der Waals surface area (Å²) in [5.74, 6) is 1.11. The van der Waals surface area contributed by atoms with Gasteiger partial charge in [-0.25, -0.2) is 0 Å². The second-order valence-corrected chi connectivity index (χ2v) is 6.60. The monoisotopic (exact) mass is 367 g/mol. The Kier molecular flexibility index (Phi) is 9.53. The molecule has 1 atom stereocenters. The maximum absolute atomic E-state index is 12.1. The summed E-state index contributed by atoms with van der Waals surface area (Å²) in [5.41, 5.74) is 1.65. The van der Waals surface area contributed by atoms with Crippen molar-refractivity contribution in [3.05, 3.63) is 35.4 Å². The SMILES string of the molecule is CCNC(=O)c1ccc(CNC(=O)CC(C)C2CCNCC2)cc1.Cl. The van der Waals surface area contributed by atoms with E-state index in [1.54, 1.807) is 12.1 Å². The second kappa shape index (κ2) is 11.1. The molecular weight excluding hydrogens is 338 g/mol. The van der Waals surface area contributed by atoms with Crippen molar-refractivity contribution < 1.29 is 9.59 Å². The maximum atomic E-state index is 12.1. The van der Waals surface area contributed by atoms with Crippen LogP contribution in [-0.2, 0) is 11.3 Å². The Morgan fingerprint density at radius 1 is 1.16 bits per heavy atom. The van der Waals surface area contributed by atoms with E-state index in [4.69, 9.17) is 0 Å². The number of carbonyl (C=O) groups is 2. The first-order valence-corrected chi connectivity index (χ1v) is 8.94. The fourth-order valence-corrected chi connectivity index (χ4v) is 3.18. The van der Waals surface area contributed by atoms with Crippen LogP contribution in [0, 0.1) is 11.8 Å². The largest absolute Gasteiger partial charge is 0.352 e. The van der Waals surface area contributed by atoms with E-state index in [-0.39, 0.29) is 24.2 Å². The summed E-state index contributed by atoms with van der Waals surface area (Å²) < 4.78 is 0. The zero-order valence-corrected chi connectivity index (χ0v) is 16.0. The average molecular weight is 368 g/mol. The highest BCUT2D eigenvalue weighted by Crippen LogP contribution is 2.24. The van der Waals surface area contributed by atoms with Crippen molar-refractivity contribution >= 4 is 24.2 Å². The van der Waals surface area contributed by atoms with Crippen LogP contribution in [0.15, 0.2) is 24.3 Å². The minimum absolute atomic E-state index is 0. The number of hydrogen-bond acceptors (Lipinski definition) is 3. The van der Waals surface area contributed by atoms with E-state index >= 15 is 0 Å². The van der Waals surface area contributed by atoms with Gasteiger partial charge in [-0.05, 0) is 62.4 Å². The van der Waals surface area contributed by atoms with Gasteiger partial charge in [0.25, 0.3) is 5.91 Å². The molecule has 25 heavy (non-hydrogen) atoms. The molecule has 0 radical (unpaired) electrons. The lowest BCUT2D eigenvalue weighted by Crippen LogP contribution is -2.33. The van der Waals surface area contributed by atoms with Crippen LogP contribution >= 0.6 is 12.4 Å². The van der Waals surface area contributed by atoms with Crippen molar-refractivity contribution in [3.8, 4) is 0 Å². The van der Waals surface area contributed by atoms with Gasteiger partial charge in [-0.3, -0.25) is 9.59 Å². The highest BCUT2D eigenvalue weighted by atomic mass is 35.5. The fourth-order valence-electron chi connectivity index (χ4n) is 3.18. The van der Waals surface area contributed by atoms with Gasteiger partial charge in [0.15, 0.2) is 0 Å². The molecule has 1 aromatic carbocycles. The predicted octanol–water partition coefficient (Wildman–Crippen LogP) is 2.50. The van der Waals surface area contributed by atoms with Gasteiger partial charge in [0.1, 0.15) is 0 Å². The molecule has 2 amide bonds. The first-order valence-electron chi connectivity index (χ1n) is 8.94. The average Bonchev–Trinajstić information content (AvgIpc) is 2.61. The van der Waals surface area contributed by atoms with Crippen LogP contribution in [-0.4, -0.2) is 31.4 Å². The van der Waals surface area contributed by atoms with Gasteiger partial charge in [0.05, 0.1) is 0 Å². The highest BCUT2D eigenvalue weighted by molar-refractivity contribution is 5.94. The molecule has 1 aliphatic heterocycles. The van der Waals surface area contributed by atoms with Crippen molar-refractivity contribution in [3.63, 3.8) is 0 Å². The van der Waals surface area contributed by atoms with Gasteiger partial charge in [0.2, 0.25) is 5.91 Å². The van der Waals surface area contributed by atoms with Gasteiger partial charge in [0, 0.05) is 25.1 Å². The van der Waals surface area contributed by atoms with E-state index < -0.39 is 0 Å². The third-order valence-electron chi connectivity index (χ3n) is 4.74. The topological polar surface area (TPSA) is 70.2 Å². The number of piperidine rings is 1. The Labute approximate surface area is 156 Å². The minimum Gasteiger partial charge on any atom is -0.352 e. The molecule has 5 nitrogen and oxygen atoms in total. The van der Waals surface area contributed by atoms with E-state index in [2.05, 4.69) is 22.9 Å². The van der Waals surface area contributed by atoms with Crippen LogP contribution in [0.4, 0.5) is 0 Å². The fraction of sp³-hybridized carbons (Fsp3) is 0.579. The Balaban J connectivity index is 0.00000312. The number of amides is 2. The van der Waals surface area contributed by atoms with Crippen LogP contribution in [0.5, 0.6) is 0 Å². The summed E-state index contributed by atoms with van der Waals surface area (Å²) in [6, 6.07) is 7.37. The summed E-state index contributed by atoms with van der Waals surface area (Å²) in [6.07, 6.45) is 2.91. The number of carbonyl (C=O) groups excluding carboxylic acids is 2. The summed E-state index contributed by atoms with van der Waals surface area (Å²) in [7, 11) is 0. The number of nitrogens with one attached hydrogen (secondary N) is 3. The molecule has 1 saturated heterocycles. The van der Waals surface area contributed by atoms with Crippen LogP contribution in [0.25, 0.3) is 0 Å². The molecule has 2 rings (SSSR count). The molecule has 1 aliphatic rings. The lowest BCUT2D eigenvalue weighted by atomic mass is 9.84. The lowest BCUT2D eigenvalue weighted by molar-refractivity contribution is -0.122. The van der Waals surface area contributed by atoms with E-state index in [9.17, 15) is 9.59 Å². The van der Waals surface area contributed by atoms with Gasteiger partial charge in [-0.15, -0.1) is 12.4 Å². The van der Waals surface area contributed by atoms with Crippen LogP contribution < -0.4 is 16.0 Å². The number of halogens is 1. The molecule has 0 aromatic heterocycles. The third-order valence-corrected chi connectivity index (χ3v) is 4.74. The van der Waals surface area contributed by atoms with Crippen molar-refractivity contribution in [2.24, 2.45) is 11.8 Å². The molecule has 0 saturated carbocycles. The van der Waals surface area contributed by atoms with Crippen molar-refractivity contribution in [2.45, 2.75) is 39.7 Å². The Morgan fingerprint density at radius 3 is 2.40 bits per heavy atom. The van der Waals surface area contributed by atoms with Crippen LogP contribution in [0.2, 0.25) is 0 Å². The van der Waals surface area contributed by atoms with E-state index in [1.807, 2.05) is 19.1 Å². The summed E-state index contributed by atoms with van der Waals surface area (Å²) in [6.45, 7) is 7.33. The lowest BCUT2D eigenvalue weighted by Gasteiger charge is -2.27. The zero-order valence-electron chi connectivity index (χ0n) is 15.1. The van der Waals surface area contributed by atoms with Crippen LogP contribution in [0.3, 0.4) is 0 Å².